The highest BCUT2D eigenvalue weighted by Gasteiger charge is 2.27. The third-order valence-electron chi connectivity index (χ3n) is 9.51. The highest BCUT2D eigenvalue weighted by molar-refractivity contribution is 6.08. The summed E-state index contributed by atoms with van der Waals surface area (Å²) in [5.74, 6) is 0.903. The van der Waals surface area contributed by atoms with E-state index in [4.69, 9.17) is 4.74 Å². The molecule has 250 valence electrons. The highest BCUT2D eigenvalue weighted by Crippen LogP contribution is 2.39. The van der Waals surface area contributed by atoms with Crippen molar-refractivity contribution in [3.8, 4) is 5.75 Å². The Morgan fingerprint density at radius 2 is 1.74 bits per heavy atom. The number of anilines is 2. The number of nitrogens with zero attached hydrogens (tertiary/aromatic N) is 2. The fraction of sp³-hybridized carbons (Fsp3) is 0.553. The number of hydrogen-bond donors (Lipinski definition) is 2. The van der Waals surface area contributed by atoms with Gasteiger partial charge in [-0.15, -0.1) is 0 Å². The van der Waals surface area contributed by atoms with Crippen LogP contribution in [0.15, 0.2) is 36.4 Å². The molecule has 2 aromatic carbocycles. The van der Waals surface area contributed by atoms with Crippen molar-refractivity contribution in [1.29, 1.82) is 0 Å². The zero-order valence-corrected chi connectivity index (χ0v) is 29.2. The van der Waals surface area contributed by atoms with Crippen LogP contribution in [0.3, 0.4) is 0 Å². The zero-order chi connectivity index (χ0) is 33.6. The number of amides is 2. The van der Waals surface area contributed by atoms with E-state index in [2.05, 4.69) is 68.5 Å². The Morgan fingerprint density at radius 1 is 1.02 bits per heavy atom. The molecule has 2 heterocycles. The van der Waals surface area contributed by atoms with Crippen molar-refractivity contribution in [2.24, 2.45) is 13.0 Å². The molecule has 2 amide bonds. The number of benzene rings is 2. The molecular weight excluding hydrogens is 576 g/mol. The van der Waals surface area contributed by atoms with Crippen LogP contribution in [0.4, 0.5) is 11.4 Å². The number of likely N-dealkylation sites (tertiary alicyclic amines) is 1. The van der Waals surface area contributed by atoms with Crippen LogP contribution in [0, 0.1) is 5.92 Å². The number of Topliss-reactive ketones (excluding diaryl/α,β-unsaturated/α-hetero) is 1. The standard InChI is InChI=1S/C38H54N4O4/c1-9-14-25(15-11-19-33(43)31-18-13-20-41(31)6)21-26-16-12-17-27-22-32(42(7)35(26)27)37(45)40-30-24-28(38(3,4)5)23-29(36(30)46-8)39-34(44)10-2/h12,16-17,22-25,31H,9-11,13-15,18-21H2,1-8H3,(H,39,44)(H,40,45)/t25?,31-/m0/s1. The molecule has 8 nitrogen and oxygen atoms in total. The monoisotopic (exact) mass is 630 g/mol. The topological polar surface area (TPSA) is 92.7 Å². The van der Waals surface area contributed by atoms with Gasteiger partial charge in [-0.05, 0) is 86.4 Å². The van der Waals surface area contributed by atoms with Gasteiger partial charge >= 0.3 is 0 Å². The van der Waals surface area contributed by atoms with Crippen LogP contribution in [-0.2, 0) is 28.5 Å². The molecule has 4 rings (SSSR count). The molecule has 0 spiro atoms. The molecule has 46 heavy (non-hydrogen) atoms. The quantitative estimate of drug-likeness (QED) is 0.189. The average Bonchev–Trinajstić information content (AvgIpc) is 3.59. The van der Waals surface area contributed by atoms with Gasteiger partial charge in [0.25, 0.3) is 5.91 Å². The molecule has 1 unspecified atom stereocenters. The first-order valence-electron chi connectivity index (χ1n) is 17.0. The summed E-state index contributed by atoms with van der Waals surface area (Å²) in [7, 11) is 5.55. The lowest BCUT2D eigenvalue weighted by Crippen LogP contribution is -2.32. The summed E-state index contributed by atoms with van der Waals surface area (Å²) in [6.45, 7) is 11.3. The Bertz CT molecular complexity index is 1550. The molecule has 1 saturated heterocycles. The fourth-order valence-electron chi connectivity index (χ4n) is 6.89. The number of carbonyl (C=O) groups excluding carboxylic acids is 3. The van der Waals surface area contributed by atoms with Crippen molar-refractivity contribution in [1.82, 2.24) is 9.47 Å². The molecule has 0 aliphatic carbocycles. The predicted octanol–water partition coefficient (Wildman–Crippen LogP) is 7.88. The maximum absolute atomic E-state index is 13.9. The molecule has 0 radical (unpaired) electrons. The number of para-hydroxylation sites is 1. The average molecular weight is 631 g/mol. The Labute approximate surface area is 275 Å². The Balaban J connectivity index is 1.57. The lowest BCUT2D eigenvalue weighted by molar-refractivity contribution is -0.123. The normalized spacial score (nSPS) is 16.0. The number of carbonyl (C=O) groups is 3. The third-order valence-corrected chi connectivity index (χ3v) is 9.51. The van der Waals surface area contributed by atoms with E-state index >= 15 is 0 Å². The van der Waals surface area contributed by atoms with E-state index in [1.807, 2.05) is 29.8 Å². The van der Waals surface area contributed by atoms with Crippen LogP contribution in [0.1, 0.15) is 108 Å². The number of methoxy groups -OCH3 is 1. The van der Waals surface area contributed by atoms with Gasteiger partial charge in [0, 0.05) is 25.3 Å². The van der Waals surface area contributed by atoms with Crippen molar-refractivity contribution in [2.45, 2.75) is 104 Å². The minimum atomic E-state index is -0.248. The Kier molecular flexibility index (Phi) is 11.7. The van der Waals surface area contributed by atoms with Crippen molar-refractivity contribution < 1.29 is 19.1 Å². The second-order valence-corrected chi connectivity index (χ2v) is 14.0. The van der Waals surface area contributed by atoms with Gasteiger partial charge in [-0.25, -0.2) is 0 Å². The van der Waals surface area contributed by atoms with E-state index in [-0.39, 0.29) is 23.3 Å². The molecule has 0 saturated carbocycles. The highest BCUT2D eigenvalue weighted by atomic mass is 16.5. The summed E-state index contributed by atoms with van der Waals surface area (Å²) in [6, 6.07) is 12.2. The van der Waals surface area contributed by atoms with Gasteiger partial charge in [0.2, 0.25) is 5.91 Å². The number of nitrogens with one attached hydrogen (secondary N) is 2. The van der Waals surface area contributed by atoms with Crippen molar-refractivity contribution in [3.05, 3.63) is 53.2 Å². The number of ether oxygens (including phenoxy) is 1. The molecule has 2 atom stereocenters. The van der Waals surface area contributed by atoms with E-state index in [9.17, 15) is 14.4 Å². The summed E-state index contributed by atoms with van der Waals surface area (Å²) >= 11 is 0. The lowest BCUT2D eigenvalue weighted by Gasteiger charge is -2.24. The van der Waals surface area contributed by atoms with E-state index < -0.39 is 0 Å². The first kappa shape index (κ1) is 35.2. The number of aromatic nitrogens is 1. The van der Waals surface area contributed by atoms with E-state index in [1.54, 1.807) is 14.0 Å². The first-order chi connectivity index (χ1) is 21.9. The van der Waals surface area contributed by atoms with Gasteiger partial charge < -0.3 is 19.9 Å². The van der Waals surface area contributed by atoms with Crippen molar-refractivity contribution in [3.63, 3.8) is 0 Å². The summed E-state index contributed by atoms with van der Waals surface area (Å²) in [4.78, 5) is 41.3. The maximum Gasteiger partial charge on any atom is 0.272 e. The van der Waals surface area contributed by atoms with Gasteiger partial charge in [0.1, 0.15) is 11.5 Å². The smallest absolute Gasteiger partial charge is 0.272 e. The van der Waals surface area contributed by atoms with Gasteiger partial charge in [-0.2, -0.15) is 0 Å². The number of likely N-dealkylation sites (N-methyl/N-ethyl adjacent to an activating group) is 1. The fourth-order valence-corrected chi connectivity index (χ4v) is 6.89. The SMILES string of the molecule is CCCC(CCCC(=O)[C@@H]1CCCN1C)Cc1cccc2cc(C(=O)Nc3cc(C(C)(C)C)cc(NC(=O)CC)c3OC)n(C)c12. The summed E-state index contributed by atoms with van der Waals surface area (Å²) in [5.41, 5.74) is 4.62. The Hall–Kier alpha value is -3.65. The maximum atomic E-state index is 13.9. The lowest BCUT2D eigenvalue weighted by atomic mass is 9.86. The number of hydrogen-bond acceptors (Lipinski definition) is 5. The molecule has 1 aromatic heterocycles. The number of ketones is 1. The molecule has 1 fully saturated rings. The second kappa shape index (κ2) is 15.3. The van der Waals surface area contributed by atoms with E-state index in [0.717, 1.165) is 68.0 Å². The van der Waals surface area contributed by atoms with Gasteiger partial charge in [-0.3, -0.25) is 19.3 Å². The van der Waals surface area contributed by atoms with Crippen LogP contribution < -0.4 is 15.4 Å². The second-order valence-electron chi connectivity index (χ2n) is 14.0. The van der Waals surface area contributed by atoms with Crippen LogP contribution in [-0.4, -0.2) is 53.8 Å². The van der Waals surface area contributed by atoms with Crippen LogP contribution in [0.25, 0.3) is 10.9 Å². The molecule has 1 aliphatic rings. The minimum absolute atomic E-state index is 0.101. The van der Waals surface area contributed by atoms with Gasteiger partial charge in [0.15, 0.2) is 5.75 Å². The predicted molar refractivity (Wildman–Crippen MR) is 188 cm³/mol. The molecule has 2 N–H and O–H groups in total. The van der Waals surface area contributed by atoms with E-state index in [0.29, 0.717) is 47.4 Å². The molecular formula is C38H54N4O4. The number of fused-ring (bicyclic) bond motifs is 1. The summed E-state index contributed by atoms with van der Waals surface area (Å²) in [5, 5.41) is 7.06. The number of aryl methyl sites for hydroxylation is 1. The Morgan fingerprint density at radius 3 is 2.35 bits per heavy atom. The van der Waals surface area contributed by atoms with Crippen molar-refractivity contribution in [2.75, 3.05) is 31.3 Å². The third kappa shape index (κ3) is 8.19. The van der Waals surface area contributed by atoms with Gasteiger partial charge in [-0.1, -0.05) is 65.7 Å². The van der Waals surface area contributed by atoms with Crippen LogP contribution >= 0.6 is 0 Å². The summed E-state index contributed by atoms with van der Waals surface area (Å²) < 4.78 is 7.71. The molecule has 1 aliphatic heterocycles. The largest absolute Gasteiger partial charge is 0.492 e. The summed E-state index contributed by atoms with van der Waals surface area (Å²) in [6.07, 6.45) is 8.13. The van der Waals surface area contributed by atoms with Crippen LogP contribution in [0.5, 0.6) is 5.75 Å². The van der Waals surface area contributed by atoms with Crippen molar-refractivity contribution >= 4 is 39.9 Å². The number of rotatable bonds is 14. The van der Waals surface area contributed by atoms with Crippen LogP contribution in [0.2, 0.25) is 0 Å². The molecule has 3 aromatic rings. The van der Waals surface area contributed by atoms with Gasteiger partial charge in [0.05, 0.1) is 30.0 Å². The molecule has 0 bridgehead atoms. The van der Waals surface area contributed by atoms with E-state index in [1.165, 1.54) is 5.56 Å². The molecule has 8 heteroatoms. The zero-order valence-electron chi connectivity index (χ0n) is 29.2. The first-order valence-corrected chi connectivity index (χ1v) is 17.0. The minimum Gasteiger partial charge on any atom is -0.492 e.